The molecule has 2 heteroatoms. The highest BCUT2D eigenvalue weighted by molar-refractivity contribution is 9.10. The van der Waals surface area contributed by atoms with Crippen LogP contribution in [0, 0.1) is 0 Å². The topological polar surface area (TPSA) is 0 Å². The molecule has 6 rings (SSSR count). The van der Waals surface area contributed by atoms with Crippen LogP contribution in [0.3, 0.4) is 0 Å². The molecule has 0 unspecified atom stereocenters. The number of hydrogen-bond acceptors (Lipinski definition) is 1. The highest BCUT2D eigenvalue weighted by Crippen LogP contribution is 2.42. The molecule has 0 aliphatic rings. The summed E-state index contributed by atoms with van der Waals surface area (Å²) in [5.41, 5.74) is 0. The van der Waals surface area contributed by atoms with Gasteiger partial charge in [0.05, 0.1) is 0 Å². The molecule has 0 saturated carbocycles. The van der Waals surface area contributed by atoms with Gasteiger partial charge in [0.2, 0.25) is 0 Å². The predicted octanol–water partition coefficient (Wildman–Crippen LogP) is 8.28. The Morgan fingerprint density at radius 2 is 1.08 bits per heavy atom. The molecule has 0 radical (unpaired) electrons. The highest BCUT2D eigenvalue weighted by atomic mass is 79.9. The number of thiophene rings is 1. The molecule has 0 atom stereocenters. The molecule has 0 saturated heterocycles. The van der Waals surface area contributed by atoms with Crippen LogP contribution in [0.5, 0.6) is 0 Å². The molecule has 0 bridgehead atoms. The van der Waals surface area contributed by atoms with Crippen molar-refractivity contribution in [3.63, 3.8) is 0 Å². The average Bonchev–Trinajstić information content (AvgIpc) is 3.04. The quantitative estimate of drug-likeness (QED) is 0.220. The van der Waals surface area contributed by atoms with Gasteiger partial charge in [-0.3, -0.25) is 0 Å². The Hall–Kier alpha value is -2.42. The van der Waals surface area contributed by atoms with E-state index in [0.717, 1.165) is 4.47 Å². The van der Waals surface area contributed by atoms with Crippen LogP contribution in [0.1, 0.15) is 0 Å². The first kappa shape index (κ1) is 14.7. The van der Waals surface area contributed by atoms with Crippen molar-refractivity contribution < 1.29 is 0 Å². The van der Waals surface area contributed by atoms with E-state index in [1.165, 1.54) is 52.5 Å². The van der Waals surface area contributed by atoms with E-state index in [-0.39, 0.29) is 0 Å². The van der Waals surface area contributed by atoms with Gasteiger partial charge in [-0.05, 0) is 62.6 Å². The van der Waals surface area contributed by atoms with E-state index in [0.29, 0.717) is 0 Å². The maximum absolute atomic E-state index is 3.65. The predicted molar refractivity (Wildman–Crippen MR) is 120 cm³/mol. The van der Waals surface area contributed by atoms with Crippen molar-refractivity contribution in [3.05, 3.63) is 83.3 Å². The van der Waals surface area contributed by atoms with Gasteiger partial charge in [-0.15, -0.1) is 11.3 Å². The molecular formula is C24H13BrS. The Morgan fingerprint density at radius 1 is 0.462 bits per heavy atom. The van der Waals surface area contributed by atoms with Gasteiger partial charge < -0.3 is 0 Å². The summed E-state index contributed by atoms with van der Waals surface area (Å²) < 4.78 is 3.84. The van der Waals surface area contributed by atoms with Gasteiger partial charge in [0.25, 0.3) is 0 Å². The molecule has 0 spiro atoms. The van der Waals surface area contributed by atoms with Gasteiger partial charge in [0, 0.05) is 24.6 Å². The second-order valence-electron chi connectivity index (χ2n) is 6.73. The summed E-state index contributed by atoms with van der Waals surface area (Å²) in [6, 6.07) is 28.9. The van der Waals surface area contributed by atoms with Gasteiger partial charge in [-0.2, -0.15) is 0 Å². The Labute approximate surface area is 162 Å². The molecule has 0 amide bonds. The van der Waals surface area contributed by atoms with Crippen LogP contribution in [0.4, 0.5) is 0 Å². The lowest BCUT2D eigenvalue weighted by molar-refractivity contribution is 1.74. The van der Waals surface area contributed by atoms with E-state index < -0.39 is 0 Å². The van der Waals surface area contributed by atoms with E-state index in [2.05, 4.69) is 94.8 Å². The first-order valence-electron chi connectivity index (χ1n) is 8.64. The minimum Gasteiger partial charge on any atom is -0.135 e. The summed E-state index contributed by atoms with van der Waals surface area (Å²) in [7, 11) is 0. The second kappa shape index (κ2) is 5.29. The minimum atomic E-state index is 1.12. The lowest BCUT2D eigenvalue weighted by Crippen LogP contribution is -1.83. The summed E-state index contributed by atoms with van der Waals surface area (Å²) in [6.45, 7) is 0. The molecule has 122 valence electrons. The molecule has 0 fully saturated rings. The lowest BCUT2D eigenvalue weighted by atomic mass is 9.93. The molecule has 0 aliphatic carbocycles. The summed E-state index contributed by atoms with van der Waals surface area (Å²) in [5.74, 6) is 0. The number of benzene rings is 5. The molecule has 0 nitrogen and oxygen atoms in total. The smallest absolute Gasteiger partial charge is 0.0362 e. The van der Waals surface area contributed by atoms with Crippen molar-refractivity contribution in [1.29, 1.82) is 0 Å². The maximum Gasteiger partial charge on any atom is 0.0362 e. The monoisotopic (exact) mass is 412 g/mol. The van der Waals surface area contributed by atoms with E-state index >= 15 is 0 Å². The standard InChI is InChI=1S/C24H13BrS/c25-14-9-10-17-19(11-14)15-5-1-2-6-16(15)20-12-22-18-7-3-4-8-23(18)26-24(22)13-21(17)20/h1-13H. The number of halogens is 1. The molecule has 5 aromatic carbocycles. The summed E-state index contributed by atoms with van der Waals surface area (Å²) >= 11 is 5.53. The average molecular weight is 413 g/mol. The van der Waals surface area contributed by atoms with Crippen LogP contribution in [0.2, 0.25) is 0 Å². The Kier molecular flexibility index (Phi) is 3.00. The molecule has 1 aromatic heterocycles. The van der Waals surface area contributed by atoms with E-state index in [1.807, 2.05) is 11.3 Å². The fourth-order valence-electron chi connectivity index (χ4n) is 4.14. The van der Waals surface area contributed by atoms with Crippen molar-refractivity contribution in [1.82, 2.24) is 0 Å². The fourth-order valence-corrected chi connectivity index (χ4v) is 5.63. The molecule has 0 N–H and O–H groups in total. The second-order valence-corrected chi connectivity index (χ2v) is 8.73. The Morgan fingerprint density at radius 3 is 1.88 bits per heavy atom. The lowest BCUT2D eigenvalue weighted by Gasteiger charge is -2.11. The summed E-state index contributed by atoms with van der Waals surface area (Å²) in [5, 5.41) is 10.7. The third-order valence-electron chi connectivity index (χ3n) is 5.30. The third kappa shape index (κ3) is 1.94. The van der Waals surface area contributed by atoms with Crippen molar-refractivity contribution in [2.24, 2.45) is 0 Å². The Bertz CT molecular complexity index is 1490. The zero-order valence-electron chi connectivity index (χ0n) is 13.8. The van der Waals surface area contributed by atoms with Gasteiger partial charge in [-0.1, -0.05) is 64.5 Å². The Balaban J connectivity index is 1.95. The molecule has 1 heterocycles. The maximum atomic E-state index is 3.65. The van der Waals surface area contributed by atoms with Crippen LogP contribution in [0.25, 0.3) is 52.5 Å². The first-order valence-corrected chi connectivity index (χ1v) is 10.3. The summed E-state index contributed by atoms with van der Waals surface area (Å²) in [6.07, 6.45) is 0. The molecular weight excluding hydrogens is 400 g/mol. The largest absolute Gasteiger partial charge is 0.135 e. The van der Waals surface area contributed by atoms with Gasteiger partial charge >= 0.3 is 0 Å². The van der Waals surface area contributed by atoms with Crippen molar-refractivity contribution in [2.75, 3.05) is 0 Å². The molecule has 26 heavy (non-hydrogen) atoms. The zero-order chi connectivity index (χ0) is 17.3. The van der Waals surface area contributed by atoms with Crippen LogP contribution in [-0.4, -0.2) is 0 Å². The van der Waals surface area contributed by atoms with Crippen LogP contribution < -0.4 is 0 Å². The van der Waals surface area contributed by atoms with Crippen molar-refractivity contribution >= 4 is 79.8 Å². The molecule has 6 aromatic rings. The van der Waals surface area contributed by atoms with Gasteiger partial charge in [-0.25, -0.2) is 0 Å². The van der Waals surface area contributed by atoms with Crippen molar-refractivity contribution in [2.45, 2.75) is 0 Å². The zero-order valence-corrected chi connectivity index (χ0v) is 16.2. The van der Waals surface area contributed by atoms with E-state index in [1.54, 1.807) is 0 Å². The van der Waals surface area contributed by atoms with Gasteiger partial charge in [0.1, 0.15) is 0 Å². The minimum absolute atomic E-state index is 1.12. The highest BCUT2D eigenvalue weighted by Gasteiger charge is 2.12. The first-order chi connectivity index (χ1) is 12.8. The van der Waals surface area contributed by atoms with Gasteiger partial charge in [0.15, 0.2) is 0 Å². The van der Waals surface area contributed by atoms with Crippen LogP contribution >= 0.6 is 27.3 Å². The van der Waals surface area contributed by atoms with Crippen LogP contribution in [-0.2, 0) is 0 Å². The fraction of sp³-hybridized carbons (Fsp3) is 0. The van der Waals surface area contributed by atoms with E-state index in [9.17, 15) is 0 Å². The number of fused-ring (bicyclic) bond motifs is 9. The van der Waals surface area contributed by atoms with E-state index in [4.69, 9.17) is 0 Å². The number of rotatable bonds is 0. The molecule has 0 aliphatic heterocycles. The third-order valence-corrected chi connectivity index (χ3v) is 6.92. The van der Waals surface area contributed by atoms with Crippen molar-refractivity contribution in [3.8, 4) is 0 Å². The van der Waals surface area contributed by atoms with Crippen LogP contribution in [0.15, 0.2) is 83.3 Å². The normalized spacial score (nSPS) is 12.0. The summed E-state index contributed by atoms with van der Waals surface area (Å²) in [4.78, 5) is 0. The number of hydrogen-bond donors (Lipinski definition) is 0. The SMILES string of the molecule is Brc1ccc2c(c1)c1ccccc1c1cc3c(cc21)sc1ccccc13.